The van der Waals surface area contributed by atoms with E-state index in [0.717, 1.165) is 10.2 Å². The first-order valence-corrected chi connectivity index (χ1v) is 7.51. The molecule has 0 radical (unpaired) electrons. The number of amides is 1. The van der Waals surface area contributed by atoms with Crippen molar-refractivity contribution in [3.63, 3.8) is 0 Å². The Morgan fingerprint density at radius 1 is 1.44 bits per heavy atom. The molecule has 1 amide bonds. The van der Waals surface area contributed by atoms with Gasteiger partial charge in [-0.1, -0.05) is 0 Å². The van der Waals surface area contributed by atoms with E-state index in [2.05, 4.69) is 27.4 Å². The number of aromatic nitrogens is 1. The largest absolute Gasteiger partial charge is 0.339 e. The van der Waals surface area contributed by atoms with E-state index >= 15 is 0 Å². The van der Waals surface area contributed by atoms with Crippen molar-refractivity contribution in [1.82, 2.24) is 9.47 Å². The number of hydrogen-bond acceptors (Lipinski definition) is 1. The first kappa shape index (κ1) is 12.3. The molecule has 2 fully saturated rings. The Kier molecular flexibility index (Phi) is 3.00. The standard InChI is InChI=1S/C14H19BrN2O/c1-9(10-3-4-10)16(2)14(18)13-7-11(15)8-17(13)12-5-6-12/h7-10,12H,3-6H2,1-2H3. The lowest BCUT2D eigenvalue weighted by molar-refractivity contribution is 0.0716. The Morgan fingerprint density at radius 2 is 2.11 bits per heavy atom. The minimum Gasteiger partial charge on any atom is -0.339 e. The average molecular weight is 311 g/mol. The molecule has 3 nitrogen and oxygen atoms in total. The van der Waals surface area contributed by atoms with Crippen molar-refractivity contribution in [3.05, 3.63) is 22.4 Å². The van der Waals surface area contributed by atoms with Crippen molar-refractivity contribution in [1.29, 1.82) is 0 Å². The fourth-order valence-electron chi connectivity index (χ4n) is 2.53. The van der Waals surface area contributed by atoms with E-state index in [4.69, 9.17) is 0 Å². The number of hydrogen-bond donors (Lipinski definition) is 0. The molecule has 0 bridgehead atoms. The molecular weight excluding hydrogens is 292 g/mol. The zero-order chi connectivity index (χ0) is 12.9. The molecule has 0 N–H and O–H groups in total. The summed E-state index contributed by atoms with van der Waals surface area (Å²) in [6, 6.07) is 2.86. The first-order valence-electron chi connectivity index (χ1n) is 6.72. The van der Waals surface area contributed by atoms with Crippen molar-refractivity contribution in [2.45, 2.75) is 44.7 Å². The molecule has 1 aromatic rings. The van der Waals surface area contributed by atoms with Crippen LogP contribution in [-0.2, 0) is 0 Å². The third-order valence-corrected chi connectivity index (χ3v) is 4.64. The van der Waals surface area contributed by atoms with Gasteiger partial charge in [-0.25, -0.2) is 0 Å². The molecule has 0 aliphatic heterocycles. The zero-order valence-electron chi connectivity index (χ0n) is 10.9. The van der Waals surface area contributed by atoms with E-state index in [1.165, 1.54) is 25.7 Å². The first-order chi connectivity index (χ1) is 8.58. The lowest BCUT2D eigenvalue weighted by Crippen LogP contribution is -2.37. The van der Waals surface area contributed by atoms with Crippen molar-refractivity contribution in [2.24, 2.45) is 5.92 Å². The minimum absolute atomic E-state index is 0.159. The molecule has 2 saturated carbocycles. The maximum atomic E-state index is 12.6. The van der Waals surface area contributed by atoms with E-state index in [1.807, 2.05) is 24.2 Å². The molecule has 2 aliphatic carbocycles. The molecule has 18 heavy (non-hydrogen) atoms. The molecule has 0 saturated heterocycles. The van der Waals surface area contributed by atoms with Gasteiger partial charge < -0.3 is 9.47 Å². The molecule has 1 aromatic heterocycles. The summed E-state index contributed by atoms with van der Waals surface area (Å²) in [7, 11) is 1.93. The quantitative estimate of drug-likeness (QED) is 0.836. The minimum atomic E-state index is 0.159. The zero-order valence-corrected chi connectivity index (χ0v) is 12.5. The van der Waals surface area contributed by atoms with Crippen LogP contribution in [0.2, 0.25) is 0 Å². The van der Waals surface area contributed by atoms with Gasteiger partial charge in [-0.3, -0.25) is 4.79 Å². The fraction of sp³-hybridized carbons (Fsp3) is 0.643. The second kappa shape index (κ2) is 4.41. The number of carbonyl (C=O) groups excluding carboxylic acids is 1. The number of carbonyl (C=O) groups is 1. The summed E-state index contributed by atoms with van der Waals surface area (Å²) in [5.41, 5.74) is 0.833. The lowest BCUT2D eigenvalue weighted by atomic mass is 10.2. The molecule has 3 rings (SSSR count). The van der Waals surface area contributed by atoms with Crippen LogP contribution in [0.5, 0.6) is 0 Å². The second-order valence-electron chi connectivity index (χ2n) is 5.68. The van der Waals surface area contributed by atoms with Gasteiger partial charge in [0.1, 0.15) is 5.69 Å². The fourth-order valence-corrected chi connectivity index (χ4v) is 2.97. The SMILES string of the molecule is CC(C1CC1)N(C)C(=O)c1cc(Br)cn1C1CC1. The summed E-state index contributed by atoms with van der Waals surface area (Å²) < 4.78 is 3.15. The molecule has 1 atom stereocenters. The molecule has 1 heterocycles. The molecule has 0 aromatic carbocycles. The predicted octanol–water partition coefficient (Wildman–Crippen LogP) is 3.46. The summed E-state index contributed by atoms with van der Waals surface area (Å²) in [5.74, 6) is 0.874. The molecule has 1 unspecified atom stereocenters. The smallest absolute Gasteiger partial charge is 0.270 e. The molecule has 2 aliphatic rings. The normalized spacial score (nSPS) is 20.8. The maximum absolute atomic E-state index is 12.6. The van der Waals surface area contributed by atoms with Gasteiger partial charge in [-0.2, -0.15) is 0 Å². The van der Waals surface area contributed by atoms with Crippen LogP contribution in [0.25, 0.3) is 0 Å². The molecular formula is C14H19BrN2O. The van der Waals surface area contributed by atoms with Gasteiger partial charge >= 0.3 is 0 Å². The van der Waals surface area contributed by atoms with Crippen LogP contribution in [0.15, 0.2) is 16.7 Å². The third-order valence-electron chi connectivity index (χ3n) is 4.21. The molecule has 4 heteroatoms. The van der Waals surface area contributed by atoms with Crippen LogP contribution >= 0.6 is 15.9 Å². The Morgan fingerprint density at radius 3 is 2.67 bits per heavy atom. The summed E-state index contributed by atoms with van der Waals surface area (Å²) in [6.07, 6.45) is 6.98. The van der Waals surface area contributed by atoms with Crippen LogP contribution in [-0.4, -0.2) is 28.5 Å². The van der Waals surface area contributed by atoms with Gasteiger partial charge in [-0.15, -0.1) is 0 Å². The molecule has 98 valence electrons. The highest BCUT2D eigenvalue weighted by Gasteiger charge is 2.35. The van der Waals surface area contributed by atoms with Gasteiger partial charge in [0.25, 0.3) is 5.91 Å². The van der Waals surface area contributed by atoms with E-state index in [-0.39, 0.29) is 5.91 Å². The summed E-state index contributed by atoms with van der Waals surface area (Å²) in [4.78, 5) is 14.5. The number of rotatable bonds is 4. The van der Waals surface area contributed by atoms with Gasteiger partial charge in [0.2, 0.25) is 0 Å². The Hall–Kier alpha value is -0.770. The van der Waals surface area contributed by atoms with Gasteiger partial charge in [-0.05, 0) is 60.5 Å². The van der Waals surface area contributed by atoms with E-state index in [9.17, 15) is 4.79 Å². The Bertz CT molecular complexity index is 474. The molecule has 0 spiro atoms. The van der Waals surface area contributed by atoms with Crippen LogP contribution in [0, 0.1) is 5.92 Å². The summed E-state index contributed by atoms with van der Waals surface area (Å²) >= 11 is 3.48. The van der Waals surface area contributed by atoms with Gasteiger partial charge in [0, 0.05) is 29.8 Å². The Labute approximate surface area is 116 Å². The van der Waals surface area contributed by atoms with Gasteiger partial charge in [0.05, 0.1) is 0 Å². The highest BCUT2D eigenvalue weighted by atomic mass is 79.9. The Balaban J connectivity index is 1.82. The summed E-state index contributed by atoms with van der Waals surface area (Å²) in [5, 5.41) is 0. The van der Waals surface area contributed by atoms with E-state index in [1.54, 1.807) is 0 Å². The second-order valence-corrected chi connectivity index (χ2v) is 6.59. The van der Waals surface area contributed by atoms with Crippen LogP contribution in [0.4, 0.5) is 0 Å². The highest BCUT2D eigenvalue weighted by molar-refractivity contribution is 9.10. The van der Waals surface area contributed by atoms with Crippen molar-refractivity contribution < 1.29 is 4.79 Å². The van der Waals surface area contributed by atoms with E-state index in [0.29, 0.717) is 18.0 Å². The maximum Gasteiger partial charge on any atom is 0.270 e. The third kappa shape index (κ3) is 2.22. The van der Waals surface area contributed by atoms with Gasteiger partial charge in [0.15, 0.2) is 0 Å². The average Bonchev–Trinajstić information content (AvgIpc) is 3.24. The lowest BCUT2D eigenvalue weighted by Gasteiger charge is -2.25. The number of halogens is 1. The highest BCUT2D eigenvalue weighted by Crippen LogP contribution is 2.39. The van der Waals surface area contributed by atoms with Crippen LogP contribution in [0.1, 0.15) is 49.1 Å². The van der Waals surface area contributed by atoms with Crippen molar-refractivity contribution in [3.8, 4) is 0 Å². The topological polar surface area (TPSA) is 25.2 Å². The van der Waals surface area contributed by atoms with Crippen molar-refractivity contribution in [2.75, 3.05) is 7.05 Å². The predicted molar refractivity (Wildman–Crippen MR) is 74.7 cm³/mol. The summed E-state index contributed by atoms with van der Waals surface area (Å²) in [6.45, 7) is 2.16. The van der Waals surface area contributed by atoms with Crippen LogP contribution < -0.4 is 0 Å². The van der Waals surface area contributed by atoms with Crippen molar-refractivity contribution >= 4 is 21.8 Å². The van der Waals surface area contributed by atoms with Crippen LogP contribution in [0.3, 0.4) is 0 Å². The number of nitrogens with zero attached hydrogens (tertiary/aromatic N) is 2. The monoisotopic (exact) mass is 310 g/mol. The van der Waals surface area contributed by atoms with E-state index < -0.39 is 0 Å².